The van der Waals surface area contributed by atoms with Crippen LogP contribution in [0.4, 0.5) is 0 Å². The molecule has 0 aliphatic heterocycles. The number of carbonyl (C=O) groups excluding carboxylic acids is 1. The molecule has 0 unspecified atom stereocenters. The summed E-state index contributed by atoms with van der Waals surface area (Å²) >= 11 is 1.36. The van der Waals surface area contributed by atoms with Crippen LogP contribution in [0.5, 0.6) is 0 Å². The molecule has 0 saturated heterocycles. The van der Waals surface area contributed by atoms with Crippen LogP contribution < -0.4 is 16.0 Å². The van der Waals surface area contributed by atoms with Crippen molar-refractivity contribution in [2.45, 2.75) is 33.6 Å². The lowest BCUT2D eigenvalue weighted by Crippen LogP contribution is -2.41. The topological polar surface area (TPSA) is 78.4 Å². The quantitative estimate of drug-likeness (QED) is 0.386. The molecule has 0 spiro atoms. The first-order chi connectivity index (χ1) is 10.2. The van der Waals surface area contributed by atoms with Crippen molar-refractivity contribution in [3.05, 3.63) is 16.1 Å². The van der Waals surface area contributed by atoms with Gasteiger partial charge in [-0.25, -0.2) is 4.98 Å². The van der Waals surface area contributed by atoms with Crippen LogP contribution in [0.15, 0.2) is 10.5 Å². The van der Waals surface area contributed by atoms with Crippen molar-refractivity contribution in [1.82, 2.24) is 20.9 Å². The zero-order valence-electron chi connectivity index (χ0n) is 13.0. The molecule has 6 nitrogen and oxygen atoms in total. The maximum Gasteiger partial charge on any atom is 0.263 e. The maximum atomic E-state index is 11.9. The maximum absolute atomic E-state index is 11.9. The average Bonchev–Trinajstić information content (AvgIpc) is 2.89. The third-order valence-electron chi connectivity index (χ3n) is 2.78. The van der Waals surface area contributed by atoms with E-state index in [4.69, 9.17) is 0 Å². The van der Waals surface area contributed by atoms with Crippen LogP contribution >= 0.6 is 11.3 Å². The fraction of sp³-hybridized carbons (Fsp3) is 0.643. The van der Waals surface area contributed by atoms with Crippen LogP contribution in [-0.4, -0.2) is 43.0 Å². The van der Waals surface area contributed by atoms with E-state index < -0.39 is 0 Å². The molecule has 3 N–H and O–H groups in total. The number of aliphatic imine (C=N–C) groups is 1. The fourth-order valence-corrected chi connectivity index (χ4v) is 2.37. The second-order valence-electron chi connectivity index (χ2n) is 4.56. The van der Waals surface area contributed by atoms with Crippen molar-refractivity contribution in [3.63, 3.8) is 0 Å². The number of hydrogen-bond acceptors (Lipinski definition) is 4. The highest BCUT2D eigenvalue weighted by atomic mass is 32.1. The molecule has 1 aromatic rings. The van der Waals surface area contributed by atoms with E-state index in [-0.39, 0.29) is 5.91 Å². The number of amides is 1. The molecule has 7 heteroatoms. The fourth-order valence-electron chi connectivity index (χ4n) is 1.65. The predicted molar refractivity (Wildman–Crippen MR) is 88.1 cm³/mol. The first-order valence-electron chi connectivity index (χ1n) is 7.39. The SMILES string of the molecule is CCCCN=C(NCC)NCCNC(=O)c1scnc1C. The van der Waals surface area contributed by atoms with E-state index in [2.05, 4.69) is 32.9 Å². The lowest BCUT2D eigenvalue weighted by Gasteiger charge is -2.11. The Balaban J connectivity index is 2.29. The van der Waals surface area contributed by atoms with E-state index in [1.54, 1.807) is 5.51 Å². The van der Waals surface area contributed by atoms with Crippen molar-refractivity contribution in [2.75, 3.05) is 26.2 Å². The molecular formula is C14H25N5OS. The number of nitrogens with one attached hydrogen (secondary N) is 3. The molecule has 1 amide bonds. The number of thiazole rings is 1. The molecule has 0 bridgehead atoms. The smallest absolute Gasteiger partial charge is 0.263 e. The summed E-state index contributed by atoms with van der Waals surface area (Å²) in [6, 6.07) is 0. The molecule has 0 aliphatic rings. The molecule has 1 heterocycles. The molecule has 0 atom stereocenters. The van der Waals surface area contributed by atoms with Gasteiger partial charge in [0.15, 0.2) is 5.96 Å². The van der Waals surface area contributed by atoms with E-state index >= 15 is 0 Å². The van der Waals surface area contributed by atoms with E-state index in [1.165, 1.54) is 11.3 Å². The predicted octanol–water partition coefficient (Wildman–Crippen LogP) is 1.54. The van der Waals surface area contributed by atoms with Crippen molar-refractivity contribution >= 4 is 23.2 Å². The molecule has 1 rings (SSSR count). The minimum atomic E-state index is -0.0651. The minimum absolute atomic E-state index is 0.0651. The number of aryl methyl sites for hydroxylation is 1. The molecular weight excluding hydrogens is 286 g/mol. The number of aromatic nitrogens is 1. The first kappa shape index (κ1) is 17.4. The lowest BCUT2D eigenvalue weighted by molar-refractivity contribution is 0.0957. The van der Waals surface area contributed by atoms with Crippen LogP contribution in [0.3, 0.4) is 0 Å². The second-order valence-corrected chi connectivity index (χ2v) is 5.42. The highest BCUT2D eigenvalue weighted by Gasteiger charge is 2.10. The van der Waals surface area contributed by atoms with Crippen molar-refractivity contribution < 1.29 is 4.79 Å². The van der Waals surface area contributed by atoms with Crippen LogP contribution in [0.25, 0.3) is 0 Å². The van der Waals surface area contributed by atoms with E-state index in [0.717, 1.165) is 37.6 Å². The molecule has 1 aromatic heterocycles. The largest absolute Gasteiger partial charge is 0.357 e. The van der Waals surface area contributed by atoms with Gasteiger partial charge in [0.25, 0.3) is 5.91 Å². The Kier molecular flexibility index (Phi) is 8.42. The van der Waals surface area contributed by atoms with Gasteiger partial charge in [-0.2, -0.15) is 0 Å². The Morgan fingerprint density at radius 2 is 2.05 bits per heavy atom. The highest BCUT2D eigenvalue weighted by Crippen LogP contribution is 2.10. The molecule has 0 aliphatic carbocycles. The summed E-state index contributed by atoms with van der Waals surface area (Å²) in [7, 11) is 0. The molecule has 0 fully saturated rings. The normalized spacial score (nSPS) is 11.3. The summed E-state index contributed by atoms with van der Waals surface area (Å²) in [6.45, 7) is 8.85. The summed E-state index contributed by atoms with van der Waals surface area (Å²) in [6.07, 6.45) is 2.21. The Morgan fingerprint density at radius 1 is 1.29 bits per heavy atom. The molecule has 0 saturated carbocycles. The van der Waals surface area contributed by atoms with Gasteiger partial charge in [0.1, 0.15) is 4.88 Å². The molecule has 0 aromatic carbocycles. The van der Waals surface area contributed by atoms with Gasteiger partial charge >= 0.3 is 0 Å². The third kappa shape index (κ3) is 6.57. The summed E-state index contributed by atoms with van der Waals surface area (Å²) in [4.78, 5) is 21.1. The van der Waals surface area contributed by atoms with Crippen molar-refractivity contribution in [1.29, 1.82) is 0 Å². The standard InChI is InChI=1S/C14H25N5OS/c1-4-6-7-17-14(15-5-2)18-9-8-16-13(20)12-11(3)19-10-21-12/h10H,4-9H2,1-3H3,(H,16,20)(H2,15,17,18). The van der Waals surface area contributed by atoms with Crippen LogP contribution in [0.1, 0.15) is 42.1 Å². The van der Waals surface area contributed by atoms with Gasteiger partial charge in [-0.05, 0) is 20.3 Å². The van der Waals surface area contributed by atoms with Gasteiger partial charge in [-0.3, -0.25) is 9.79 Å². The number of hydrogen-bond donors (Lipinski definition) is 3. The lowest BCUT2D eigenvalue weighted by atomic mass is 10.3. The zero-order valence-corrected chi connectivity index (χ0v) is 13.8. The Labute approximate surface area is 130 Å². The monoisotopic (exact) mass is 311 g/mol. The van der Waals surface area contributed by atoms with Gasteiger partial charge in [0.05, 0.1) is 11.2 Å². The second kappa shape index (κ2) is 10.1. The molecule has 0 radical (unpaired) electrons. The van der Waals surface area contributed by atoms with E-state index in [1.807, 2.05) is 13.8 Å². The Bertz CT molecular complexity index is 458. The van der Waals surface area contributed by atoms with Crippen LogP contribution in [0, 0.1) is 6.92 Å². The van der Waals surface area contributed by atoms with Gasteiger partial charge in [0, 0.05) is 26.2 Å². The summed E-state index contributed by atoms with van der Waals surface area (Å²) in [5, 5.41) is 9.27. The Morgan fingerprint density at radius 3 is 2.67 bits per heavy atom. The van der Waals surface area contributed by atoms with Crippen molar-refractivity contribution in [2.24, 2.45) is 4.99 Å². The summed E-state index contributed by atoms with van der Waals surface area (Å²) in [5.74, 6) is 0.735. The van der Waals surface area contributed by atoms with E-state index in [0.29, 0.717) is 18.0 Å². The zero-order chi connectivity index (χ0) is 15.5. The average molecular weight is 311 g/mol. The third-order valence-corrected chi connectivity index (χ3v) is 3.71. The first-order valence-corrected chi connectivity index (χ1v) is 8.27. The number of unbranched alkanes of at least 4 members (excludes halogenated alkanes) is 1. The van der Waals surface area contributed by atoms with Gasteiger partial charge in [-0.15, -0.1) is 11.3 Å². The number of rotatable bonds is 8. The number of carbonyl (C=O) groups is 1. The van der Waals surface area contributed by atoms with E-state index in [9.17, 15) is 4.79 Å². The Hall–Kier alpha value is -1.63. The minimum Gasteiger partial charge on any atom is -0.357 e. The number of nitrogens with zero attached hydrogens (tertiary/aromatic N) is 2. The highest BCUT2D eigenvalue weighted by molar-refractivity contribution is 7.11. The summed E-state index contributed by atoms with van der Waals surface area (Å²) < 4.78 is 0. The molecule has 118 valence electrons. The summed E-state index contributed by atoms with van der Waals surface area (Å²) in [5.41, 5.74) is 2.46. The molecule has 21 heavy (non-hydrogen) atoms. The van der Waals surface area contributed by atoms with Crippen LogP contribution in [0.2, 0.25) is 0 Å². The van der Waals surface area contributed by atoms with Gasteiger partial charge < -0.3 is 16.0 Å². The van der Waals surface area contributed by atoms with Gasteiger partial charge in [-0.1, -0.05) is 13.3 Å². The van der Waals surface area contributed by atoms with Crippen LogP contribution in [-0.2, 0) is 0 Å². The van der Waals surface area contributed by atoms with Gasteiger partial charge in [0.2, 0.25) is 0 Å². The van der Waals surface area contributed by atoms with Crippen molar-refractivity contribution in [3.8, 4) is 0 Å². The number of guanidine groups is 1.